The molecule has 0 spiro atoms. The van der Waals surface area contributed by atoms with Crippen molar-refractivity contribution in [2.24, 2.45) is 0 Å². The van der Waals surface area contributed by atoms with Crippen LogP contribution < -0.4 is 21.1 Å². The van der Waals surface area contributed by atoms with E-state index in [0.717, 1.165) is 0 Å². The molecule has 5 N–H and O–H groups in total. The molecule has 0 bridgehead atoms. The molecule has 0 unspecified atom stereocenters. The van der Waals surface area contributed by atoms with Gasteiger partial charge in [-0.2, -0.15) is 0 Å². The second-order valence-corrected chi connectivity index (χ2v) is 6.39. The first-order valence-electron chi connectivity index (χ1n) is 6.12. The van der Waals surface area contributed by atoms with Crippen molar-refractivity contribution in [3.63, 3.8) is 0 Å². The van der Waals surface area contributed by atoms with Gasteiger partial charge in [-0.15, -0.1) is 0 Å². The normalized spacial score (nSPS) is 11.4. The molecular formula is C12H20N4O3S. The molecule has 1 aromatic rings. The maximum absolute atomic E-state index is 11.9. The van der Waals surface area contributed by atoms with Gasteiger partial charge in [-0.3, -0.25) is 4.79 Å². The maximum atomic E-state index is 11.9. The van der Waals surface area contributed by atoms with Gasteiger partial charge in [0.15, 0.2) is 0 Å². The average Bonchev–Trinajstić information content (AvgIpc) is 2.36. The summed E-state index contributed by atoms with van der Waals surface area (Å²) in [5, 5.41) is 5.50. The minimum Gasteiger partial charge on any atom is -0.399 e. The molecule has 1 rings (SSSR count). The predicted octanol–water partition coefficient (Wildman–Crippen LogP) is 0.113. The standard InChI is InChI=1S/C12H20N4O3S/c1-8(2)16-12(17)7-15-10-5-4-9(13)6-11(10)20(18,19)14-3/h4-6,8,14-15H,7,13H2,1-3H3,(H,16,17). The third kappa shape index (κ3) is 4.39. The number of carbonyl (C=O) groups is 1. The highest BCUT2D eigenvalue weighted by molar-refractivity contribution is 7.89. The third-order valence-corrected chi connectivity index (χ3v) is 3.91. The summed E-state index contributed by atoms with van der Waals surface area (Å²) in [6, 6.07) is 4.46. The van der Waals surface area contributed by atoms with Crippen LogP contribution in [0, 0.1) is 0 Å². The predicted molar refractivity (Wildman–Crippen MR) is 78.9 cm³/mol. The molecule has 0 radical (unpaired) electrons. The van der Waals surface area contributed by atoms with Crippen molar-refractivity contribution >= 4 is 27.3 Å². The highest BCUT2D eigenvalue weighted by atomic mass is 32.2. The minimum absolute atomic E-state index is 0.0114. The van der Waals surface area contributed by atoms with Crippen molar-refractivity contribution in [2.45, 2.75) is 24.8 Å². The highest BCUT2D eigenvalue weighted by Crippen LogP contribution is 2.23. The van der Waals surface area contributed by atoms with Crippen molar-refractivity contribution in [2.75, 3.05) is 24.6 Å². The Kier molecular flexibility index (Phi) is 5.34. The number of nitrogens with two attached hydrogens (primary N) is 1. The van der Waals surface area contributed by atoms with Crippen LogP contribution >= 0.6 is 0 Å². The number of nitrogen functional groups attached to an aromatic ring is 1. The molecule has 8 heteroatoms. The molecule has 1 aromatic carbocycles. The zero-order valence-corrected chi connectivity index (χ0v) is 12.5. The number of rotatable bonds is 6. The third-order valence-electron chi connectivity index (χ3n) is 2.45. The van der Waals surface area contributed by atoms with Crippen LogP contribution in [0.25, 0.3) is 0 Å². The van der Waals surface area contributed by atoms with Gasteiger partial charge in [0.2, 0.25) is 15.9 Å². The number of sulfonamides is 1. The Morgan fingerprint density at radius 1 is 1.35 bits per heavy atom. The quantitative estimate of drug-likeness (QED) is 0.557. The summed E-state index contributed by atoms with van der Waals surface area (Å²) in [5.41, 5.74) is 6.26. The summed E-state index contributed by atoms with van der Waals surface area (Å²) < 4.78 is 26.0. The Morgan fingerprint density at radius 3 is 2.55 bits per heavy atom. The van der Waals surface area contributed by atoms with E-state index in [4.69, 9.17) is 5.73 Å². The number of carbonyl (C=O) groups excluding carboxylic acids is 1. The lowest BCUT2D eigenvalue weighted by Gasteiger charge is -2.14. The molecule has 1 amide bonds. The summed E-state index contributed by atoms with van der Waals surface area (Å²) in [5.74, 6) is -0.218. The fourth-order valence-corrected chi connectivity index (χ4v) is 2.51. The fraction of sp³-hybridized carbons (Fsp3) is 0.417. The van der Waals surface area contributed by atoms with Gasteiger partial charge in [0.1, 0.15) is 4.90 Å². The van der Waals surface area contributed by atoms with Crippen LogP contribution in [0.15, 0.2) is 23.1 Å². The van der Waals surface area contributed by atoms with E-state index in [2.05, 4.69) is 15.4 Å². The van der Waals surface area contributed by atoms with E-state index in [0.29, 0.717) is 11.4 Å². The van der Waals surface area contributed by atoms with E-state index >= 15 is 0 Å². The molecule has 0 fully saturated rings. The molecule has 0 aliphatic carbocycles. The Bertz CT molecular complexity index is 584. The van der Waals surface area contributed by atoms with Crippen LogP contribution in [0.1, 0.15) is 13.8 Å². The van der Waals surface area contributed by atoms with Gasteiger partial charge < -0.3 is 16.4 Å². The smallest absolute Gasteiger partial charge is 0.242 e. The topological polar surface area (TPSA) is 113 Å². The number of hydrogen-bond acceptors (Lipinski definition) is 5. The van der Waals surface area contributed by atoms with Gasteiger partial charge in [-0.25, -0.2) is 13.1 Å². The van der Waals surface area contributed by atoms with Gasteiger partial charge in [0, 0.05) is 11.7 Å². The van der Waals surface area contributed by atoms with Gasteiger partial charge in [0.05, 0.1) is 12.2 Å². The Hall–Kier alpha value is -1.80. The van der Waals surface area contributed by atoms with E-state index in [-0.39, 0.29) is 23.4 Å². The molecule has 0 saturated carbocycles. The van der Waals surface area contributed by atoms with E-state index in [1.807, 2.05) is 13.8 Å². The largest absolute Gasteiger partial charge is 0.399 e. The van der Waals surface area contributed by atoms with E-state index in [1.165, 1.54) is 19.2 Å². The van der Waals surface area contributed by atoms with Crippen molar-refractivity contribution in [3.05, 3.63) is 18.2 Å². The van der Waals surface area contributed by atoms with E-state index in [9.17, 15) is 13.2 Å². The summed E-state index contributed by atoms with van der Waals surface area (Å²) >= 11 is 0. The monoisotopic (exact) mass is 300 g/mol. The number of benzene rings is 1. The van der Waals surface area contributed by atoms with Crippen molar-refractivity contribution in [1.82, 2.24) is 10.0 Å². The fourth-order valence-electron chi connectivity index (χ4n) is 1.57. The highest BCUT2D eigenvalue weighted by Gasteiger charge is 2.17. The summed E-state index contributed by atoms with van der Waals surface area (Å²) in [6.45, 7) is 3.67. The Labute approximate surface area is 119 Å². The van der Waals surface area contributed by atoms with Crippen LogP contribution in [0.4, 0.5) is 11.4 Å². The zero-order valence-electron chi connectivity index (χ0n) is 11.7. The second kappa shape index (κ2) is 6.58. The molecule has 0 atom stereocenters. The average molecular weight is 300 g/mol. The van der Waals surface area contributed by atoms with Gasteiger partial charge in [-0.1, -0.05) is 0 Å². The second-order valence-electron chi connectivity index (χ2n) is 4.54. The summed E-state index contributed by atoms with van der Waals surface area (Å²) in [7, 11) is -2.33. The number of amides is 1. The molecule has 0 heterocycles. The lowest BCUT2D eigenvalue weighted by molar-refractivity contribution is -0.119. The first-order valence-corrected chi connectivity index (χ1v) is 7.61. The number of hydrogen-bond donors (Lipinski definition) is 4. The molecule has 20 heavy (non-hydrogen) atoms. The molecule has 7 nitrogen and oxygen atoms in total. The van der Waals surface area contributed by atoms with Crippen LogP contribution in [0.3, 0.4) is 0 Å². The summed E-state index contributed by atoms with van der Waals surface area (Å²) in [6.07, 6.45) is 0. The molecule has 112 valence electrons. The van der Waals surface area contributed by atoms with Crippen molar-refractivity contribution in [1.29, 1.82) is 0 Å². The first-order chi connectivity index (χ1) is 9.26. The van der Waals surface area contributed by atoms with Crippen molar-refractivity contribution < 1.29 is 13.2 Å². The number of nitrogens with one attached hydrogen (secondary N) is 3. The Balaban J connectivity index is 2.93. The lowest BCUT2D eigenvalue weighted by atomic mass is 10.3. The SMILES string of the molecule is CNS(=O)(=O)c1cc(N)ccc1NCC(=O)NC(C)C. The molecule has 0 saturated heterocycles. The summed E-state index contributed by atoms with van der Waals surface area (Å²) in [4.78, 5) is 11.6. The van der Waals surface area contributed by atoms with Crippen LogP contribution in [0.2, 0.25) is 0 Å². The molecule has 0 aliphatic heterocycles. The van der Waals surface area contributed by atoms with E-state index < -0.39 is 10.0 Å². The van der Waals surface area contributed by atoms with Crippen LogP contribution in [0.5, 0.6) is 0 Å². The molecule has 0 aliphatic rings. The van der Waals surface area contributed by atoms with Gasteiger partial charge in [-0.05, 0) is 39.1 Å². The number of anilines is 2. The van der Waals surface area contributed by atoms with Gasteiger partial charge in [0.25, 0.3) is 0 Å². The van der Waals surface area contributed by atoms with Crippen LogP contribution in [-0.4, -0.2) is 34.0 Å². The Morgan fingerprint density at radius 2 is 2.00 bits per heavy atom. The molecule has 0 aromatic heterocycles. The minimum atomic E-state index is -3.65. The van der Waals surface area contributed by atoms with Gasteiger partial charge >= 0.3 is 0 Å². The lowest BCUT2D eigenvalue weighted by Crippen LogP contribution is -2.35. The first kappa shape index (κ1) is 16.3. The van der Waals surface area contributed by atoms with Crippen molar-refractivity contribution in [3.8, 4) is 0 Å². The molecular weight excluding hydrogens is 280 g/mol. The van der Waals surface area contributed by atoms with Crippen LogP contribution in [-0.2, 0) is 14.8 Å². The van der Waals surface area contributed by atoms with E-state index in [1.54, 1.807) is 6.07 Å². The maximum Gasteiger partial charge on any atom is 0.242 e. The zero-order chi connectivity index (χ0) is 15.3.